The molecule has 0 spiro atoms. The number of rotatable bonds is 3. The molecule has 2 aromatic rings. The number of aromatic nitrogens is 1. The molecule has 3 rings (SSSR count). The van der Waals surface area contributed by atoms with Gasteiger partial charge in [0.2, 0.25) is 0 Å². The highest BCUT2D eigenvalue weighted by Gasteiger charge is 2.19. The van der Waals surface area contributed by atoms with E-state index in [0.717, 1.165) is 4.47 Å². The lowest BCUT2D eigenvalue weighted by Crippen LogP contribution is -2.17. The molecule has 1 aromatic heterocycles. The van der Waals surface area contributed by atoms with Crippen LogP contribution in [0.3, 0.4) is 0 Å². The van der Waals surface area contributed by atoms with Gasteiger partial charge >= 0.3 is 0 Å². The number of halogens is 1. The first-order valence-electron chi connectivity index (χ1n) is 9.13. The normalized spacial score (nSPS) is 15.1. The zero-order valence-electron chi connectivity index (χ0n) is 16.0. The summed E-state index contributed by atoms with van der Waals surface area (Å²) in [4.78, 5) is 15.6. The van der Waals surface area contributed by atoms with Gasteiger partial charge in [-0.05, 0) is 63.8 Å². The minimum Gasteiger partial charge on any atom is -0.462 e. The Labute approximate surface area is 169 Å². The Kier molecular flexibility index (Phi) is 7.84. The van der Waals surface area contributed by atoms with Crippen molar-refractivity contribution in [2.75, 3.05) is 0 Å². The molecular weight excluding hydrogens is 410 g/mol. The molecule has 0 saturated heterocycles. The van der Waals surface area contributed by atoms with E-state index in [4.69, 9.17) is 0 Å². The van der Waals surface area contributed by atoms with Crippen LogP contribution in [0.5, 0.6) is 0 Å². The quantitative estimate of drug-likeness (QED) is 0.490. The predicted octanol–water partition coefficient (Wildman–Crippen LogP) is 6.89. The number of carbonyl (C=O) groups excluding carboxylic acids is 1. The van der Waals surface area contributed by atoms with E-state index in [-0.39, 0.29) is 5.60 Å². The number of nitrogens with zero attached hydrogens (tertiary/aromatic N) is 1. The molecule has 0 bridgehead atoms. The van der Waals surface area contributed by atoms with Crippen LogP contribution in [0.15, 0.2) is 28.9 Å². The van der Waals surface area contributed by atoms with Gasteiger partial charge in [-0.25, -0.2) is 4.98 Å². The third-order valence-electron chi connectivity index (χ3n) is 4.21. The lowest BCUT2D eigenvalue weighted by Gasteiger charge is -2.18. The summed E-state index contributed by atoms with van der Waals surface area (Å²) in [5.74, 6) is 0.709. The molecule has 0 amide bonds. The van der Waals surface area contributed by atoms with Crippen molar-refractivity contribution in [1.29, 1.82) is 0 Å². The van der Waals surface area contributed by atoms with E-state index in [2.05, 4.69) is 57.0 Å². The molecule has 1 aromatic carbocycles. The minimum absolute atomic E-state index is 0.318. The summed E-state index contributed by atoms with van der Waals surface area (Å²) in [6, 6.07) is 6.57. The molecule has 1 heterocycles. The second kappa shape index (κ2) is 9.65. The Morgan fingerprint density at radius 3 is 2.42 bits per heavy atom. The molecule has 5 heteroatoms. The lowest BCUT2D eigenvalue weighted by atomic mass is 9.90. The van der Waals surface area contributed by atoms with E-state index in [1.165, 1.54) is 53.1 Å². The number of benzene rings is 1. The van der Waals surface area contributed by atoms with Gasteiger partial charge in [0.15, 0.2) is 0 Å². The van der Waals surface area contributed by atoms with Gasteiger partial charge < -0.3 is 4.74 Å². The van der Waals surface area contributed by atoms with Gasteiger partial charge in [0.25, 0.3) is 6.47 Å². The molecule has 0 unspecified atom stereocenters. The summed E-state index contributed by atoms with van der Waals surface area (Å²) in [5.41, 5.74) is 2.25. The zero-order chi connectivity index (χ0) is 19.2. The summed E-state index contributed by atoms with van der Waals surface area (Å²) >= 11 is 5.46. The van der Waals surface area contributed by atoms with Crippen molar-refractivity contribution in [2.24, 2.45) is 0 Å². The van der Waals surface area contributed by atoms with Crippen LogP contribution in [-0.2, 0) is 9.53 Å². The molecule has 0 N–H and O–H groups in total. The molecule has 1 aliphatic carbocycles. The number of hydrogen-bond donors (Lipinski definition) is 0. The predicted molar refractivity (Wildman–Crippen MR) is 113 cm³/mol. The van der Waals surface area contributed by atoms with Crippen molar-refractivity contribution in [1.82, 2.24) is 4.98 Å². The maximum absolute atomic E-state index is 9.60. The molecular formula is C21H28BrNO2S. The maximum Gasteiger partial charge on any atom is 0.293 e. The average Bonchev–Trinajstić information content (AvgIpc) is 3.04. The molecule has 0 atom stereocenters. The first-order valence-corrected chi connectivity index (χ1v) is 10.7. The van der Waals surface area contributed by atoms with Gasteiger partial charge in [0.05, 0.1) is 9.88 Å². The smallest absolute Gasteiger partial charge is 0.293 e. The molecule has 3 nitrogen and oxygen atoms in total. The Morgan fingerprint density at radius 1 is 1.19 bits per heavy atom. The van der Waals surface area contributed by atoms with Crippen LogP contribution < -0.4 is 0 Å². The van der Waals surface area contributed by atoms with Crippen molar-refractivity contribution in [3.8, 4) is 10.4 Å². The van der Waals surface area contributed by atoms with Crippen LogP contribution in [0.1, 0.15) is 69.4 Å². The van der Waals surface area contributed by atoms with Crippen LogP contribution in [0, 0.1) is 6.92 Å². The topological polar surface area (TPSA) is 39.2 Å². The van der Waals surface area contributed by atoms with E-state index in [0.29, 0.717) is 12.4 Å². The van der Waals surface area contributed by atoms with Gasteiger partial charge in [-0.2, -0.15) is 0 Å². The molecule has 1 aliphatic rings. The maximum atomic E-state index is 9.60. The first-order chi connectivity index (χ1) is 12.3. The van der Waals surface area contributed by atoms with Gasteiger partial charge in [0.1, 0.15) is 5.60 Å². The van der Waals surface area contributed by atoms with Crippen LogP contribution in [0.2, 0.25) is 0 Å². The fourth-order valence-corrected chi connectivity index (χ4v) is 4.66. The second-order valence-electron chi connectivity index (χ2n) is 7.74. The number of carbonyl (C=O) groups is 1. The molecule has 0 aliphatic heterocycles. The third-order valence-corrected chi connectivity index (χ3v) is 5.87. The highest BCUT2D eigenvalue weighted by molar-refractivity contribution is 9.10. The second-order valence-corrected chi connectivity index (χ2v) is 9.72. The largest absolute Gasteiger partial charge is 0.462 e. The van der Waals surface area contributed by atoms with E-state index >= 15 is 0 Å². The lowest BCUT2D eigenvalue weighted by molar-refractivity contribution is -0.138. The number of aryl methyl sites for hydroxylation is 1. The van der Waals surface area contributed by atoms with Gasteiger partial charge in [0, 0.05) is 16.6 Å². The fraction of sp³-hybridized carbons (Fsp3) is 0.524. The van der Waals surface area contributed by atoms with Crippen molar-refractivity contribution in [3.63, 3.8) is 0 Å². The Morgan fingerprint density at radius 2 is 1.88 bits per heavy atom. The van der Waals surface area contributed by atoms with E-state index in [1.54, 1.807) is 0 Å². The summed E-state index contributed by atoms with van der Waals surface area (Å²) in [5, 5.41) is 1.34. The van der Waals surface area contributed by atoms with E-state index < -0.39 is 0 Å². The molecule has 142 valence electrons. The zero-order valence-corrected chi connectivity index (χ0v) is 18.5. The molecule has 1 saturated carbocycles. The van der Waals surface area contributed by atoms with E-state index in [1.807, 2.05) is 32.1 Å². The fourth-order valence-electron chi connectivity index (χ4n) is 2.98. The molecule has 1 fully saturated rings. The Bertz CT molecular complexity index is 695. The van der Waals surface area contributed by atoms with Gasteiger partial charge in [-0.15, -0.1) is 11.3 Å². The van der Waals surface area contributed by atoms with E-state index in [9.17, 15) is 4.79 Å². The van der Waals surface area contributed by atoms with Crippen molar-refractivity contribution in [3.05, 3.63) is 39.4 Å². The first kappa shape index (κ1) is 21.1. The summed E-state index contributed by atoms with van der Waals surface area (Å²) < 4.78 is 5.70. The Balaban J connectivity index is 0.000000298. The van der Waals surface area contributed by atoms with Crippen LogP contribution >= 0.6 is 27.3 Å². The van der Waals surface area contributed by atoms with Crippen molar-refractivity contribution >= 4 is 33.7 Å². The number of ether oxygens (including phenoxy) is 1. The molecule has 0 radical (unpaired) electrons. The van der Waals surface area contributed by atoms with Crippen molar-refractivity contribution < 1.29 is 9.53 Å². The third kappa shape index (κ3) is 6.84. The van der Waals surface area contributed by atoms with Crippen molar-refractivity contribution in [2.45, 2.75) is 71.3 Å². The number of hydrogen-bond acceptors (Lipinski definition) is 4. The number of thiazole rings is 1. The summed E-state index contributed by atoms with van der Waals surface area (Å²) in [6.07, 6.45) is 8.84. The summed E-state index contributed by atoms with van der Waals surface area (Å²) in [7, 11) is 0. The monoisotopic (exact) mass is 437 g/mol. The minimum atomic E-state index is -0.318. The van der Waals surface area contributed by atoms with Crippen LogP contribution in [0.25, 0.3) is 10.4 Å². The van der Waals surface area contributed by atoms with Crippen LogP contribution in [-0.4, -0.2) is 17.1 Å². The van der Waals surface area contributed by atoms with Gasteiger partial charge in [-0.3, -0.25) is 4.79 Å². The summed E-state index contributed by atoms with van der Waals surface area (Å²) in [6.45, 7) is 8.06. The van der Waals surface area contributed by atoms with Gasteiger partial charge in [-0.1, -0.05) is 41.3 Å². The standard InChI is InChI=1S/C16H18BrNS.C5H10O2/c1-11-7-13(9-14(17)8-11)15-10-18-16(19-15)12-5-3-2-4-6-12;1-5(2,3)7-4-6/h7-10,12H,2-6H2,1H3;4H,1-3H3. The Hall–Kier alpha value is -1.20. The average molecular weight is 438 g/mol. The highest BCUT2D eigenvalue weighted by Crippen LogP contribution is 2.38. The molecule has 26 heavy (non-hydrogen) atoms. The highest BCUT2D eigenvalue weighted by atomic mass is 79.9. The van der Waals surface area contributed by atoms with Crippen LogP contribution in [0.4, 0.5) is 0 Å². The SMILES string of the molecule is CC(C)(C)OC=O.Cc1cc(Br)cc(-c2cnc(C3CCCCC3)s2)c1.